The largest absolute Gasteiger partial charge is 0.307 e. The molecule has 0 bridgehead atoms. The van der Waals surface area contributed by atoms with E-state index in [0.717, 1.165) is 22.7 Å². The Balaban J connectivity index is 2.49. The highest BCUT2D eigenvalue weighted by Crippen LogP contribution is 2.31. The maximum absolute atomic E-state index is 6.13. The van der Waals surface area contributed by atoms with E-state index in [2.05, 4.69) is 19.2 Å². The molecule has 2 rings (SSSR count). The summed E-state index contributed by atoms with van der Waals surface area (Å²) >= 11 is 18.3. The zero-order valence-corrected chi connectivity index (χ0v) is 13.7. The first-order chi connectivity index (χ1) is 9.52. The van der Waals surface area contributed by atoms with E-state index >= 15 is 0 Å². The van der Waals surface area contributed by atoms with E-state index in [1.165, 1.54) is 5.56 Å². The molecule has 0 saturated carbocycles. The normalized spacial score (nSPS) is 12.4. The molecule has 0 aliphatic rings. The highest BCUT2D eigenvalue weighted by molar-refractivity contribution is 6.42. The van der Waals surface area contributed by atoms with E-state index in [9.17, 15) is 0 Å². The molecule has 1 nitrogen and oxygen atoms in total. The van der Waals surface area contributed by atoms with Crippen molar-refractivity contribution in [3.05, 3.63) is 68.2 Å². The minimum absolute atomic E-state index is 0.0495. The summed E-state index contributed by atoms with van der Waals surface area (Å²) in [6.45, 7) is 4.99. The minimum atomic E-state index is 0.0495. The van der Waals surface area contributed by atoms with Gasteiger partial charge in [-0.15, -0.1) is 0 Å². The average Bonchev–Trinajstić information content (AvgIpc) is 2.42. The number of hydrogen-bond acceptors (Lipinski definition) is 1. The summed E-state index contributed by atoms with van der Waals surface area (Å²) in [7, 11) is 0. The molecule has 0 radical (unpaired) electrons. The van der Waals surface area contributed by atoms with Gasteiger partial charge in [-0.3, -0.25) is 0 Å². The molecule has 1 unspecified atom stereocenters. The van der Waals surface area contributed by atoms with Crippen LogP contribution in [0.2, 0.25) is 15.1 Å². The molecule has 2 aromatic rings. The number of halogens is 3. The number of benzene rings is 2. The van der Waals surface area contributed by atoms with Crippen LogP contribution < -0.4 is 5.32 Å². The molecule has 0 aliphatic carbocycles. The Kier molecular flexibility index (Phi) is 5.34. The molecule has 0 saturated heterocycles. The summed E-state index contributed by atoms with van der Waals surface area (Å²) in [4.78, 5) is 0. The predicted octanol–water partition coefficient (Wildman–Crippen LogP) is 5.65. The molecule has 0 aliphatic heterocycles. The number of aryl methyl sites for hydroxylation is 1. The van der Waals surface area contributed by atoms with Gasteiger partial charge in [0.25, 0.3) is 0 Å². The lowest BCUT2D eigenvalue weighted by Gasteiger charge is -2.21. The van der Waals surface area contributed by atoms with Crippen LogP contribution in [0, 0.1) is 6.92 Å². The Bertz CT molecular complexity index is 611. The molecule has 0 aromatic heterocycles. The van der Waals surface area contributed by atoms with Gasteiger partial charge in [-0.2, -0.15) is 0 Å². The van der Waals surface area contributed by atoms with Gasteiger partial charge in [-0.25, -0.2) is 0 Å². The lowest BCUT2D eigenvalue weighted by molar-refractivity contribution is 0.628. The van der Waals surface area contributed by atoms with Gasteiger partial charge in [0.2, 0.25) is 0 Å². The highest BCUT2D eigenvalue weighted by Gasteiger charge is 2.16. The van der Waals surface area contributed by atoms with E-state index in [1.807, 2.05) is 36.4 Å². The summed E-state index contributed by atoms with van der Waals surface area (Å²) in [6.07, 6.45) is 0. The monoisotopic (exact) mass is 327 g/mol. The van der Waals surface area contributed by atoms with Crippen molar-refractivity contribution >= 4 is 34.8 Å². The molecule has 0 amide bonds. The van der Waals surface area contributed by atoms with Gasteiger partial charge in [0, 0.05) is 5.02 Å². The van der Waals surface area contributed by atoms with E-state index < -0.39 is 0 Å². The first-order valence-corrected chi connectivity index (χ1v) is 7.60. The van der Waals surface area contributed by atoms with Gasteiger partial charge in [-0.05, 0) is 54.4 Å². The van der Waals surface area contributed by atoms with Crippen LogP contribution in [0.5, 0.6) is 0 Å². The summed E-state index contributed by atoms with van der Waals surface area (Å²) in [5, 5.41) is 5.32. The van der Waals surface area contributed by atoms with E-state index in [4.69, 9.17) is 34.8 Å². The van der Waals surface area contributed by atoms with Gasteiger partial charge in [0.15, 0.2) is 0 Å². The minimum Gasteiger partial charge on any atom is -0.307 e. The molecule has 0 fully saturated rings. The second-order valence-corrected chi connectivity index (χ2v) is 5.92. The first kappa shape index (κ1) is 15.7. The third kappa shape index (κ3) is 3.48. The fourth-order valence-corrected chi connectivity index (χ4v) is 2.71. The second-order valence-electron chi connectivity index (χ2n) is 4.67. The standard InChI is InChI=1S/C16H16Cl3N/c1-3-20-16(11-5-7-14(18)15(19)8-11)13-9-12(17)6-4-10(13)2/h4-9,16,20H,3H2,1-2H3. The van der Waals surface area contributed by atoms with Crippen molar-refractivity contribution in [3.63, 3.8) is 0 Å². The first-order valence-electron chi connectivity index (χ1n) is 6.47. The van der Waals surface area contributed by atoms with Crippen LogP contribution in [0.15, 0.2) is 36.4 Å². The molecular formula is C16H16Cl3N. The van der Waals surface area contributed by atoms with E-state index in [1.54, 1.807) is 0 Å². The van der Waals surface area contributed by atoms with Crippen molar-refractivity contribution in [2.24, 2.45) is 0 Å². The predicted molar refractivity (Wildman–Crippen MR) is 88.2 cm³/mol. The smallest absolute Gasteiger partial charge is 0.0595 e. The van der Waals surface area contributed by atoms with Crippen LogP contribution in [-0.4, -0.2) is 6.54 Å². The van der Waals surface area contributed by atoms with Gasteiger partial charge >= 0.3 is 0 Å². The van der Waals surface area contributed by atoms with Crippen LogP contribution in [-0.2, 0) is 0 Å². The highest BCUT2D eigenvalue weighted by atomic mass is 35.5. The molecule has 4 heteroatoms. The van der Waals surface area contributed by atoms with Crippen LogP contribution >= 0.6 is 34.8 Å². The van der Waals surface area contributed by atoms with Gasteiger partial charge in [-0.1, -0.05) is 53.9 Å². The summed E-state index contributed by atoms with van der Waals surface area (Å²) in [5.41, 5.74) is 3.41. The van der Waals surface area contributed by atoms with Crippen molar-refractivity contribution in [1.82, 2.24) is 5.32 Å². The second kappa shape index (κ2) is 6.82. The lowest BCUT2D eigenvalue weighted by atomic mass is 9.95. The summed E-state index contributed by atoms with van der Waals surface area (Å²) < 4.78 is 0. The fraction of sp³-hybridized carbons (Fsp3) is 0.250. The van der Waals surface area contributed by atoms with Crippen LogP contribution in [0.4, 0.5) is 0 Å². The average molecular weight is 329 g/mol. The zero-order chi connectivity index (χ0) is 14.7. The topological polar surface area (TPSA) is 12.0 Å². The molecule has 106 valence electrons. The zero-order valence-electron chi connectivity index (χ0n) is 11.4. The Morgan fingerprint density at radius 1 is 1.00 bits per heavy atom. The molecule has 1 atom stereocenters. The third-order valence-electron chi connectivity index (χ3n) is 3.24. The number of rotatable bonds is 4. The fourth-order valence-electron chi connectivity index (χ4n) is 2.23. The molecule has 0 spiro atoms. The molecular weight excluding hydrogens is 313 g/mol. The van der Waals surface area contributed by atoms with Crippen LogP contribution in [0.25, 0.3) is 0 Å². The Morgan fingerprint density at radius 2 is 1.75 bits per heavy atom. The van der Waals surface area contributed by atoms with Gasteiger partial charge < -0.3 is 5.32 Å². The van der Waals surface area contributed by atoms with Crippen molar-refractivity contribution in [1.29, 1.82) is 0 Å². The Labute approximate surface area is 134 Å². The number of nitrogens with one attached hydrogen (secondary N) is 1. The quantitative estimate of drug-likeness (QED) is 0.764. The molecule has 2 aromatic carbocycles. The maximum Gasteiger partial charge on any atom is 0.0595 e. The third-order valence-corrected chi connectivity index (χ3v) is 4.21. The molecule has 1 N–H and O–H groups in total. The molecule has 0 heterocycles. The SMILES string of the molecule is CCNC(c1ccc(Cl)c(Cl)c1)c1cc(Cl)ccc1C. The van der Waals surface area contributed by atoms with Gasteiger partial charge in [0.1, 0.15) is 0 Å². The number of hydrogen-bond donors (Lipinski definition) is 1. The Morgan fingerprint density at radius 3 is 2.40 bits per heavy atom. The van der Waals surface area contributed by atoms with E-state index in [0.29, 0.717) is 10.0 Å². The van der Waals surface area contributed by atoms with Crippen molar-refractivity contribution < 1.29 is 0 Å². The lowest BCUT2D eigenvalue weighted by Crippen LogP contribution is -2.22. The van der Waals surface area contributed by atoms with Crippen molar-refractivity contribution in [2.45, 2.75) is 19.9 Å². The van der Waals surface area contributed by atoms with Gasteiger partial charge in [0.05, 0.1) is 16.1 Å². The van der Waals surface area contributed by atoms with Crippen molar-refractivity contribution in [3.8, 4) is 0 Å². The Hall–Kier alpha value is -0.730. The summed E-state index contributed by atoms with van der Waals surface area (Å²) in [6, 6.07) is 11.7. The molecule has 20 heavy (non-hydrogen) atoms. The maximum atomic E-state index is 6.13. The summed E-state index contributed by atoms with van der Waals surface area (Å²) in [5.74, 6) is 0. The van der Waals surface area contributed by atoms with Crippen LogP contribution in [0.3, 0.4) is 0 Å². The van der Waals surface area contributed by atoms with Crippen molar-refractivity contribution in [2.75, 3.05) is 6.54 Å². The van der Waals surface area contributed by atoms with E-state index in [-0.39, 0.29) is 6.04 Å². The van der Waals surface area contributed by atoms with Crippen LogP contribution in [0.1, 0.15) is 29.7 Å².